The van der Waals surface area contributed by atoms with Gasteiger partial charge in [-0.3, -0.25) is 4.79 Å². The van der Waals surface area contributed by atoms with Gasteiger partial charge in [0, 0.05) is 26.7 Å². The van der Waals surface area contributed by atoms with E-state index in [4.69, 9.17) is 4.74 Å². The third kappa shape index (κ3) is 7.54. The van der Waals surface area contributed by atoms with Crippen LogP contribution in [0.1, 0.15) is 33.1 Å². The molecular weight excluding hydrogens is 154 g/mol. The van der Waals surface area contributed by atoms with Crippen molar-refractivity contribution in [1.82, 2.24) is 5.32 Å². The third-order valence-corrected chi connectivity index (χ3v) is 1.69. The molecule has 0 heterocycles. The van der Waals surface area contributed by atoms with Gasteiger partial charge in [-0.1, -0.05) is 0 Å². The first-order chi connectivity index (χ1) is 5.66. The lowest BCUT2D eigenvalue weighted by Gasteiger charge is -2.11. The van der Waals surface area contributed by atoms with E-state index >= 15 is 0 Å². The summed E-state index contributed by atoms with van der Waals surface area (Å²) in [7, 11) is 1.71. The Kier molecular flexibility index (Phi) is 6.76. The highest BCUT2D eigenvalue weighted by atomic mass is 16.5. The standard InChI is InChI=1S/C9H19NO2/c1-8(10-9(2)11)6-4-5-7-12-3/h8H,4-7H2,1-3H3,(H,10,11). The maximum absolute atomic E-state index is 10.6. The zero-order chi connectivity index (χ0) is 9.40. The largest absolute Gasteiger partial charge is 0.385 e. The minimum atomic E-state index is 0.0502. The van der Waals surface area contributed by atoms with E-state index in [0.717, 1.165) is 25.9 Å². The molecular formula is C9H19NO2. The van der Waals surface area contributed by atoms with Gasteiger partial charge in [0.15, 0.2) is 0 Å². The highest BCUT2D eigenvalue weighted by Crippen LogP contribution is 2.00. The van der Waals surface area contributed by atoms with Gasteiger partial charge in [0.25, 0.3) is 0 Å². The smallest absolute Gasteiger partial charge is 0.217 e. The van der Waals surface area contributed by atoms with E-state index in [9.17, 15) is 4.79 Å². The lowest BCUT2D eigenvalue weighted by Crippen LogP contribution is -2.30. The quantitative estimate of drug-likeness (QED) is 0.615. The molecule has 0 bridgehead atoms. The summed E-state index contributed by atoms with van der Waals surface area (Å²) >= 11 is 0. The van der Waals surface area contributed by atoms with Crippen molar-refractivity contribution in [3.05, 3.63) is 0 Å². The summed E-state index contributed by atoms with van der Waals surface area (Å²) in [6, 6.07) is 0.291. The Morgan fingerprint density at radius 3 is 2.67 bits per heavy atom. The zero-order valence-electron chi connectivity index (χ0n) is 8.22. The molecule has 0 aliphatic carbocycles. The highest BCUT2D eigenvalue weighted by Gasteiger charge is 2.01. The van der Waals surface area contributed by atoms with E-state index in [1.165, 1.54) is 0 Å². The SMILES string of the molecule is COCCCCC(C)NC(C)=O. The molecule has 0 fully saturated rings. The molecule has 0 saturated carbocycles. The molecule has 0 saturated heterocycles. The minimum Gasteiger partial charge on any atom is -0.385 e. The number of rotatable bonds is 6. The maximum Gasteiger partial charge on any atom is 0.217 e. The van der Waals surface area contributed by atoms with Gasteiger partial charge in [-0.25, -0.2) is 0 Å². The van der Waals surface area contributed by atoms with Crippen LogP contribution in [0.2, 0.25) is 0 Å². The van der Waals surface area contributed by atoms with Crippen molar-refractivity contribution >= 4 is 5.91 Å². The number of nitrogens with one attached hydrogen (secondary N) is 1. The molecule has 3 heteroatoms. The van der Waals surface area contributed by atoms with Gasteiger partial charge in [-0.2, -0.15) is 0 Å². The van der Waals surface area contributed by atoms with Crippen LogP contribution in [0.5, 0.6) is 0 Å². The van der Waals surface area contributed by atoms with Crippen molar-refractivity contribution in [3.8, 4) is 0 Å². The average molecular weight is 173 g/mol. The van der Waals surface area contributed by atoms with Gasteiger partial charge in [-0.15, -0.1) is 0 Å². The summed E-state index contributed by atoms with van der Waals surface area (Å²) in [5, 5.41) is 2.84. The number of carbonyl (C=O) groups is 1. The Morgan fingerprint density at radius 2 is 2.17 bits per heavy atom. The van der Waals surface area contributed by atoms with Crippen LogP contribution in [0, 0.1) is 0 Å². The molecule has 0 spiro atoms. The van der Waals surface area contributed by atoms with Gasteiger partial charge in [0.2, 0.25) is 5.91 Å². The van der Waals surface area contributed by atoms with E-state index in [2.05, 4.69) is 5.32 Å². The van der Waals surface area contributed by atoms with Crippen molar-refractivity contribution in [1.29, 1.82) is 0 Å². The second kappa shape index (κ2) is 7.10. The normalized spacial score (nSPS) is 12.6. The Labute approximate surface area is 74.5 Å². The Morgan fingerprint density at radius 1 is 1.50 bits per heavy atom. The number of hydrogen-bond acceptors (Lipinski definition) is 2. The highest BCUT2D eigenvalue weighted by molar-refractivity contribution is 5.73. The lowest BCUT2D eigenvalue weighted by molar-refractivity contribution is -0.119. The summed E-state index contributed by atoms with van der Waals surface area (Å²) in [4.78, 5) is 10.6. The van der Waals surface area contributed by atoms with Crippen LogP contribution in [0.4, 0.5) is 0 Å². The van der Waals surface area contributed by atoms with Crippen LogP contribution in [-0.4, -0.2) is 25.7 Å². The molecule has 12 heavy (non-hydrogen) atoms. The van der Waals surface area contributed by atoms with Gasteiger partial charge >= 0.3 is 0 Å². The Balaban J connectivity index is 3.19. The molecule has 0 aromatic rings. The van der Waals surface area contributed by atoms with Gasteiger partial charge < -0.3 is 10.1 Å². The van der Waals surface area contributed by atoms with Crippen molar-refractivity contribution in [2.24, 2.45) is 0 Å². The fourth-order valence-electron chi connectivity index (χ4n) is 1.12. The predicted octanol–water partition coefficient (Wildman–Crippen LogP) is 1.33. The molecule has 1 unspecified atom stereocenters. The second-order valence-electron chi connectivity index (χ2n) is 3.09. The van der Waals surface area contributed by atoms with E-state index in [0.29, 0.717) is 6.04 Å². The molecule has 0 radical (unpaired) electrons. The van der Waals surface area contributed by atoms with Crippen LogP contribution < -0.4 is 5.32 Å². The molecule has 1 atom stereocenters. The number of amides is 1. The van der Waals surface area contributed by atoms with Gasteiger partial charge in [0.1, 0.15) is 0 Å². The van der Waals surface area contributed by atoms with Crippen LogP contribution in [0.3, 0.4) is 0 Å². The van der Waals surface area contributed by atoms with Crippen LogP contribution in [0.25, 0.3) is 0 Å². The number of carbonyl (C=O) groups excluding carboxylic acids is 1. The predicted molar refractivity (Wildman–Crippen MR) is 49.0 cm³/mol. The molecule has 0 rings (SSSR count). The Hall–Kier alpha value is -0.570. The zero-order valence-corrected chi connectivity index (χ0v) is 8.22. The lowest BCUT2D eigenvalue weighted by atomic mass is 10.1. The summed E-state index contributed by atoms with van der Waals surface area (Å²) in [6.07, 6.45) is 3.21. The third-order valence-electron chi connectivity index (χ3n) is 1.69. The Bertz CT molecular complexity index is 126. The first-order valence-electron chi connectivity index (χ1n) is 4.43. The number of hydrogen-bond donors (Lipinski definition) is 1. The van der Waals surface area contributed by atoms with Crippen molar-refractivity contribution in [3.63, 3.8) is 0 Å². The molecule has 1 N–H and O–H groups in total. The van der Waals surface area contributed by atoms with E-state index in [1.807, 2.05) is 6.92 Å². The van der Waals surface area contributed by atoms with Gasteiger partial charge in [0.05, 0.1) is 0 Å². The maximum atomic E-state index is 10.6. The topological polar surface area (TPSA) is 38.3 Å². The molecule has 72 valence electrons. The minimum absolute atomic E-state index is 0.0502. The average Bonchev–Trinajstić information content (AvgIpc) is 1.97. The van der Waals surface area contributed by atoms with Crippen molar-refractivity contribution in [2.45, 2.75) is 39.2 Å². The first kappa shape index (κ1) is 11.4. The molecule has 0 aromatic heterocycles. The van der Waals surface area contributed by atoms with Crippen molar-refractivity contribution in [2.75, 3.05) is 13.7 Å². The summed E-state index contributed by atoms with van der Waals surface area (Å²) < 4.78 is 4.92. The van der Waals surface area contributed by atoms with E-state index in [1.54, 1.807) is 14.0 Å². The molecule has 1 amide bonds. The van der Waals surface area contributed by atoms with Crippen molar-refractivity contribution < 1.29 is 9.53 Å². The van der Waals surface area contributed by atoms with E-state index in [-0.39, 0.29) is 5.91 Å². The fourth-order valence-corrected chi connectivity index (χ4v) is 1.12. The number of ether oxygens (including phenoxy) is 1. The van der Waals surface area contributed by atoms with Crippen LogP contribution in [0.15, 0.2) is 0 Å². The van der Waals surface area contributed by atoms with Gasteiger partial charge in [-0.05, 0) is 26.2 Å². The summed E-state index contributed by atoms with van der Waals surface area (Å²) in [6.45, 7) is 4.38. The van der Waals surface area contributed by atoms with Crippen LogP contribution in [-0.2, 0) is 9.53 Å². The number of methoxy groups -OCH3 is 1. The monoisotopic (exact) mass is 173 g/mol. The molecule has 0 aromatic carbocycles. The molecule has 3 nitrogen and oxygen atoms in total. The number of unbranched alkanes of at least 4 members (excludes halogenated alkanes) is 1. The summed E-state index contributed by atoms with van der Waals surface area (Å²) in [5.41, 5.74) is 0. The van der Waals surface area contributed by atoms with E-state index < -0.39 is 0 Å². The fraction of sp³-hybridized carbons (Fsp3) is 0.889. The first-order valence-corrected chi connectivity index (χ1v) is 4.43. The molecule has 0 aliphatic rings. The molecule has 0 aliphatic heterocycles. The van der Waals surface area contributed by atoms with Crippen LogP contribution >= 0.6 is 0 Å². The summed E-state index contributed by atoms with van der Waals surface area (Å²) in [5.74, 6) is 0.0502. The second-order valence-corrected chi connectivity index (χ2v) is 3.09.